The van der Waals surface area contributed by atoms with Crippen LogP contribution in [0.4, 0.5) is 0 Å². The van der Waals surface area contributed by atoms with E-state index in [1.807, 2.05) is 19.1 Å². The molecule has 2 saturated heterocycles. The number of amides is 1. The summed E-state index contributed by atoms with van der Waals surface area (Å²) in [6.07, 6.45) is 3.79. The van der Waals surface area contributed by atoms with Gasteiger partial charge >= 0.3 is 0 Å². The maximum Gasteiger partial charge on any atom is 0.243 e. The summed E-state index contributed by atoms with van der Waals surface area (Å²) in [7, 11) is -3.46. The van der Waals surface area contributed by atoms with Gasteiger partial charge in [-0.05, 0) is 50.7 Å². The average molecular weight is 378 g/mol. The zero-order valence-electron chi connectivity index (χ0n) is 15.1. The summed E-state index contributed by atoms with van der Waals surface area (Å²) >= 11 is 0. The lowest BCUT2D eigenvalue weighted by molar-refractivity contribution is -0.122. The van der Waals surface area contributed by atoms with Crippen LogP contribution >= 0.6 is 0 Å². The fraction of sp³-hybridized carbons (Fsp3) is 0.632. The highest BCUT2D eigenvalue weighted by Crippen LogP contribution is 2.43. The summed E-state index contributed by atoms with van der Waals surface area (Å²) in [4.78, 5) is 12.1. The molecule has 0 unspecified atom stereocenters. The lowest BCUT2D eigenvalue weighted by atomic mass is 9.80. The quantitative estimate of drug-likeness (QED) is 0.817. The van der Waals surface area contributed by atoms with Crippen molar-refractivity contribution in [3.63, 3.8) is 0 Å². The first kappa shape index (κ1) is 17.9. The van der Waals surface area contributed by atoms with E-state index in [1.54, 1.807) is 12.1 Å². The second-order valence-electron chi connectivity index (χ2n) is 7.84. The van der Waals surface area contributed by atoms with Crippen molar-refractivity contribution in [3.8, 4) is 0 Å². The van der Waals surface area contributed by atoms with Crippen molar-refractivity contribution in [3.05, 3.63) is 29.8 Å². The van der Waals surface area contributed by atoms with Gasteiger partial charge in [0.25, 0.3) is 0 Å². The number of rotatable bonds is 6. The largest absolute Gasteiger partial charge is 0.372 e. The fourth-order valence-corrected chi connectivity index (χ4v) is 5.54. The molecule has 26 heavy (non-hydrogen) atoms. The van der Waals surface area contributed by atoms with Gasteiger partial charge in [-0.3, -0.25) is 4.79 Å². The Balaban J connectivity index is 1.35. The third kappa shape index (κ3) is 3.28. The molecule has 1 amide bonds. The van der Waals surface area contributed by atoms with Crippen LogP contribution in [0, 0.1) is 18.8 Å². The van der Waals surface area contributed by atoms with Gasteiger partial charge in [-0.1, -0.05) is 17.7 Å². The highest BCUT2D eigenvalue weighted by molar-refractivity contribution is 7.89. The third-order valence-corrected chi connectivity index (χ3v) is 7.69. The summed E-state index contributed by atoms with van der Waals surface area (Å²) in [5.74, 6) is 0.684. The van der Waals surface area contributed by atoms with Crippen molar-refractivity contribution in [2.75, 3.05) is 26.2 Å². The number of carbonyl (C=O) groups excluding carboxylic acids is 1. The monoisotopic (exact) mass is 378 g/mol. The number of hydrogen-bond acceptors (Lipinski definition) is 4. The zero-order valence-corrected chi connectivity index (χ0v) is 15.9. The van der Waals surface area contributed by atoms with Crippen LogP contribution in [0.3, 0.4) is 0 Å². The van der Waals surface area contributed by atoms with Crippen molar-refractivity contribution in [1.29, 1.82) is 0 Å². The molecule has 142 valence electrons. The minimum absolute atomic E-state index is 0.162. The summed E-state index contributed by atoms with van der Waals surface area (Å²) in [6, 6.07) is 6.96. The van der Waals surface area contributed by atoms with Gasteiger partial charge in [0.2, 0.25) is 15.9 Å². The summed E-state index contributed by atoms with van der Waals surface area (Å²) in [5, 5.41) is 3.00. The normalized spacial score (nSPS) is 25.2. The molecule has 2 aliphatic heterocycles. The molecule has 1 aromatic rings. The van der Waals surface area contributed by atoms with Gasteiger partial charge in [0, 0.05) is 32.2 Å². The molecule has 3 aliphatic rings. The van der Waals surface area contributed by atoms with E-state index in [2.05, 4.69) is 5.32 Å². The standard InChI is InChI=1S/C19H26N2O4S/c1-14-2-6-17(7-3-14)26(23,24)21-12-19(13-21)16(9-11-25-19)8-10-20-18(22)15-4-5-15/h2-3,6-7,15-16H,4-5,8-13H2,1H3,(H,20,22)/t16-/m0/s1. The summed E-state index contributed by atoms with van der Waals surface area (Å²) < 4.78 is 33.0. The molecule has 0 radical (unpaired) electrons. The first-order chi connectivity index (χ1) is 12.4. The number of sulfonamides is 1. The van der Waals surface area contributed by atoms with E-state index in [9.17, 15) is 13.2 Å². The maximum absolute atomic E-state index is 12.8. The van der Waals surface area contributed by atoms with E-state index < -0.39 is 10.0 Å². The molecule has 1 aromatic carbocycles. The van der Waals surface area contributed by atoms with Gasteiger partial charge in [0.15, 0.2) is 0 Å². The Morgan fingerprint density at radius 1 is 1.23 bits per heavy atom. The number of aryl methyl sites for hydroxylation is 1. The second kappa shape index (κ2) is 6.62. The molecular weight excluding hydrogens is 352 g/mol. The molecule has 1 saturated carbocycles. The predicted octanol–water partition coefficient (Wildman–Crippen LogP) is 1.69. The number of nitrogens with one attached hydrogen (secondary N) is 1. The number of hydrogen-bond donors (Lipinski definition) is 1. The van der Waals surface area contributed by atoms with E-state index in [0.29, 0.717) is 37.1 Å². The van der Waals surface area contributed by atoms with E-state index in [4.69, 9.17) is 4.74 Å². The van der Waals surface area contributed by atoms with Crippen molar-refractivity contribution in [2.45, 2.75) is 43.1 Å². The van der Waals surface area contributed by atoms with Gasteiger partial charge < -0.3 is 10.1 Å². The minimum atomic E-state index is -3.46. The summed E-state index contributed by atoms with van der Waals surface area (Å²) in [6.45, 7) is 4.07. The molecule has 3 fully saturated rings. The van der Waals surface area contributed by atoms with Crippen LogP contribution in [0.25, 0.3) is 0 Å². The van der Waals surface area contributed by atoms with Crippen molar-refractivity contribution < 1.29 is 17.9 Å². The fourth-order valence-electron chi connectivity index (χ4n) is 3.98. The number of benzene rings is 1. The minimum Gasteiger partial charge on any atom is -0.372 e. The van der Waals surface area contributed by atoms with Crippen LogP contribution in [0.15, 0.2) is 29.2 Å². The Hall–Kier alpha value is -1.44. The first-order valence-electron chi connectivity index (χ1n) is 9.39. The molecule has 1 spiro atoms. The van der Waals surface area contributed by atoms with Crippen LogP contribution in [0.2, 0.25) is 0 Å². The molecule has 1 atom stereocenters. The van der Waals surface area contributed by atoms with Gasteiger partial charge in [0.05, 0.1) is 10.5 Å². The van der Waals surface area contributed by atoms with Crippen molar-refractivity contribution in [1.82, 2.24) is 9.62 Å². The van der Waals surface area contributed by atoms with Crippen molar-refractivity contribution >= 4 is 15.9 Å². The topological polar surface area (TPSA) is 75.7 Å². The lowest BCUT2D eigenvalue weighted by Gasteiger charge is -2.49. The predicted molar refractivity (Wildman–Crippen MR) is 97.1 cm³/mol. The SMILES string of the molecule is Cc1ccc(S(=O)(=O)N2CC3(C2)OCC[C@@H]3CCNC(=O)C2CC2)cc1. The number of ether oxygens (including phenoxy) is 1. The number of nitrogens with zero attached hydrogens (tertiary/aromatic N) is 1. The van der Waals surface area contributed by atoms with Crippen molar-refractivity contribution in [2.24, 2.45) is 11.8 Å². The molecule has 2 heterocycles. The number of carbonyl (C=O) groups is 1. The Labute approximate surface area is 155 Å². The molecule has 1 aliphatic carbocycles. The van der Waals surface area contributed by atoms with Gasteiger partial charge in [-0.2, -0.15) is 4.31 Å². The zero-order chi connectivity index (χ0) is 18.4. The van der Waals surface area contributed by atoms with Crippen LogP contribution in [0.5, 0.6) is 0 Å². The Kier molecular flexibility index (Phi) is 4.57. The van der Waals surface area contributed by atoms with E-state index in [-0.39, 0.29) is 17.4 Å². The van der Waals surface area contributed by atoms with Gasteiger partial charge in [-0.25, -0.2) is 8.42 Å². The van der Waals surface area contributed by atoms with Crippen LogP contribution in [-0.4, -0.2) is 50.5 Å². The van der Waals surface area contributed by atoms with Gasteiger partial charge in [-0.15, -0.1) is 0 Å². The molecule has 7 heteroatoms. The Morgan fingerprint density at radius 3 is 2.58 bits per heavy atom. The Bertz CT molecular complexity index is 780. The highest BCUT2D eigenvalue weighted by Gasteiger charge is 2.56. The smallest absolute Gasteiger partial charge is 0.243 e. The molecular formula is C19H26N2O4S. The van der Waals surface area contributed by atoms with E-state index >= 15 is 0 Å². The van der Waals surface area contributed by atoms with Crippen LogP contribution in [0.1, 0.15) is 31.2 Å². The maximum atomic E-state index is 12.8. The van der Waals surface area contributed by atoms with E-state index in [1.165, 1.54) is 4.31 Å². The molecule has 0 aromatic heterocycles. The Morgan fingerprint density at radius 2 is 1.92 bits per heavy atom. The molecule has 0 bridgehead atoms. The molecule has 1 N–H and O–H groups in total. The second-order valence-corrected chi connectivity index (χ2v) is 9.78. The molecule has 6 nitrogen and oxygen atoms in total. The van der Waals surface area contributed by atoms with E-state index in [0.717, 1.165) is 31.2 Å². The van der Waals surface area contributed by atoms with Crippen LogP contribution < -0.4 is 5.32 Å². The summed E-state index contributed by atoms with van der Waals surface area (Å²) in [5.41, 5.74) is 0.665. The lowest BCUT2D eigenvalue weighted by Crippen LogP contribution is -2.66. The average Bonchev–Trinajstić information content (AvgIpc) is 3.34. The van der Waals surface area contributed by atoms with Crippen LogP contribution in [-0.2, 0) is 19.6 Å². The highest BCUT2D eigenvalue weighted by atomic mass is 32.2. The van der Waals surface area contributed by atoms with Gasteiger partial charge in [0.1, 0.15) is 0 Å². The molecule has 4 rings (SSSR count). The first-order valence-corrected chi connectivity index (χ1v) is 10.8. The third-order valence-electron chi connectivity index (χ3n) is 5.89.